The highest BCUT2D eigenvalue weighted by Gasteiger charge is 2.29. The van der Waals surface area contributed by atoms with Gasteiger partial charge in [0.1, 0.15) is 6.33 Å². The van der Waals surface area contributed by atoms with Crippen molar-refractivity contribution < 1.29 is 13.2 Å². The average molecular weight is 399 g/mol. The average Bonchev–Trinajstić information content (AvgIpc) is 2.98. The molecular weight excluding hydrogens is 382 g/mol. The summed E-state index contributed by atoms with van der Waals surface area (Å²) in [6, 6.07) is 16.6. The largest absolute Gasteiger partial charge is 0.308 e. The second kappa shape index (κ2) is 6.86. The van der Waals surface area contributed by atoms with Gasteiger partial charge in [-0.25, -0.2) is 13.4 Å². The number of hydrogen-bond donors (Lipinski definition) is 1. The maximum atomic E-state index is 12.1. The molecule has 0 radical (unpaired) electrons. The van der Waals surface area contributed by atoms with Gasteiger partial charge in [-0.15, -0.1) is 11.8 Å². The van der Waals surface area contributed by atoms with Gasteiger partial charge in [0.15, 0.2) is 15.7 Å². The van der Waals surface area contributed by atoms with Crippen molar-refractivity contribution in [3.8, 4) is 5.69 Å². The number of para-hydroxylation sites is 1. The van der Waals surface area contributed by atoms with E-state index in [2.05, 4.69) is 10.3 Å². The van der Waals surface area contributed by atoms with Crippen LogP contribution in [0, 0.1) is 0 Å². The Labute approximate surface area is 161 Å². The van der Waals surface area contributed by atoms with Crippen LogP contribution in [0.2, 0.25) is 0 Å². The molecule has 1 atom stereocenters. The van der Waals surface area contributed by atoms with E-state index < -0.39 is 9.84 Å². The number of sulfone groups is 1. The summed E-state index contributed by atoms with van der Waals surface area (Å²) in [5, 5.41) is 2.70. The Balaban J connectivity index is 1.83. The molecule has 0 spiro atoms. The minimum Gasteiger partial charge on any atom is -0.308 e. The molecule has 6 nitrogen and oxygen atoms in total. The molecule has 138 valence electrons. The van der Waals surface area contributed by atoms with E-state index >= 15 is 0 Å². The summed E-state index contributed by atoms with van der Waals surface area (Å²) in [6.07, 6.45) is 2.89. The molecule has 1 amide bonds. The fourth-order valence-corrected chi connectivity index (χ4v) is 4.80. The molecule has 27 heavy (non-hydrogen) atoms. The number of carbonyl (C=O) groups is 1. The van der Waals surface area contributed by atoms with Crippen LogP contribution in [0.3, 0.4) is 0 Å². The van der Waals surface area contributed by atoms with Crippen LogP contribution in [0.1, 0.15) is 16.5 Å². The molecule has 4 rings (SSSR count). The number of thioether (sulfide) groups is 1. The summed E-state index contributed by atoms with van der Waals surface area (Å²) < 4.78 is 25.4. The highest BCUT2D eigenvalue weighted by atomic mass is 32.2. The number of nitrogens with one attached hydrogen (secondary N) is 1. The van der Waals surface area contributed by atoms with Crippen molar-refractivity contribution in [1.82, 2.24) is 9.55 Å². The van der Waals surface area contributed by atoms with E-state index in [0.29, 0.717) is 11.6 Å². The fourth-order valence-electron chi connectivity index (χ4n) is 3.05. The van der Waals surface area contributed by atoms with Gasteiger partial charge in [-0.2, -0.15) is 0 Å². The van der Waals surface area contributed by atoms with Crippen LogP contribution < -0.4 is 5.32 Å². The monoisotopic (exact) mass is 399 g/mol. The van der Waals surface area contributed by atoms with E-state index in [1.165, 1.54) is 18.0 Å². The van der Waals surface area contributed by atoms with Crippen LogP contribution >= 0.6 is 11.8 Å². The number of fused-ring (bicyclic) bond motifs is 1. The van der Waals surface area contributed by atoms with E-state index in [1.807, 2.05) is 34.9 Å². The molecule has 0 bridgehead atoms. The summed E-state index contributed by atoms with van der Waals surface area (Å²) in [5.41, 5.74) is 2.73. The topological polar surface area (TPSA) is 81.1 Å². The maximum Gasteiger partial charge on any atom is 0.235 e. The second-order valence-electron chi connectivity index (χ2n) is 6.26. The normalized spacial score (nSPS) is 17.1. The number of benzene rings is 2. The van der Waals surface area contributed by atoms with Crippen LogP contribution in [0.5, 0.6) is 0 Å². The Kier molecular flexibility index (Phi) is 4.53. The lowest BCUT2D eigenvalue weighted by atomic mass is 10.1. The van der Waals surface area contributed by atoms with Gasteiger partial charge in [0, 0.05) is 11.9 Å². The highest BCUT2D eigenvalue weighted by Crippen LogP contribution is 2.42. The number of rotatable bonds is 3. The standard InChI is InChI=1S/C19H17N3O3S2/c1-27(24,25)15-9-7-13(8-10-15)18-17-19(21-16(23)11-26-18)20-12-22(17)14-5-3-2-4-6-14/h2-10,12,18H,11H2,1H3,(H,21,23)/t18-/m0/s1. The van der Waals surface area contributed by atoms with E-state index in [1.54, 1.807) is 30.6 Å². The van der Waals surface area contributed by atoms with Crippen molar-refractivity contribution in [3.05, 3.63) is 72.2 Å². The first-order chi connectivity index (χ1) is 12.9. The number of anilines is 1. The fraction of sp³-hybridized carbons (Fsp3) is 0.158. The van der Waals surface area contributed by atoms with Crippen molar-refractivity contribution in [2.45, 2.75) is 10.1 Å². The summed E-state index contributed by atoms with van der Waals surface area (Å²) in [6.45, 7) is 0. The lowest BCUT2D eigenvalue weighted by Crippen LogP contribution is -2.12. The zero-order chi connectivity index (χ0) is 19.0. The lowest BCUT2D eigenvalue weighted by molar-refractivity contribution is -0.113. The molecule has 1 aromatic heterocycles. The lowest BCUT2D eigenvalue weighted by Gasteiger charge is -2.18. The molecule has 2 heterocycles. The zero-order valence-corrected chi connectivity index (χ0v) is 16.1. The van der Waals surface area contributed by atoms with Gasteiger partial charge in [0.2, 0.25) is 5.91 Å². The first kappa shape index (κ1) is 17.8. The third kappa shape index (κ3) is 3.50. The Bertz CT molecular complexity index is 1090. The summed E-state index contributed by atoms with van der Waals surface area (Å²) in [4.78, 5) is 16.8. The third-order valence-electron chi connectivity index (χ3n) is 4.34. The SMILES string of the molecule is CS(=O)(=O)c1ccc([C@@H]2SCC(=O)Nc3ncn(-c4ccccc4)c32)cc1. The number of carbonyl (C=O) groups excluding carboxylic acids is 1. The van der Waals surface area contributed by atoms with Crippen LogP contribution in [0.4, 0.5) is 5.82 Å². The maximum absolute atomic E-state index is 12.1. The zero-order valence-electron chi connectivity index (χ0n) is 14.5. The summed E-state index contributed by atoms with van der Waals surface area (Å²) in [5.74, 6) is 0.727. The third-order valence-corrected chi connectivity index (χ3v) is 6.72. The van der Waals surface area contributed by atoms with Gasteiger partial charge in [0.25, 0.3) is 0 Å². The Morgan fingerprint density at radius 2 is 1.81 bits per heavy atom. The van der Waals surface area contributed by atoms with Crippen LogP contribution in [-0.4, -0.2) is 35.9 Å². The first-order valence-corrected chi connectivity index (χ1v) is 11.2. The van der Waals surface area contributed by atoms with E-state index in [9.17, 15) is 13.2 Å². The highest BCUT2D eigenvalue weighted by molar-refractivity contribution is 8.00. The van der Waals surface area contributed by atoms with E-state index in [-0.39, 0.29) is 16.1 Å². The Morgan fingerprint density at radius 1 is 1.11 bits per heavy atom. The Morgan fingerprint density at radius 3 is 2.48 bits per heavy atom. The molecule has 0 unspecified atom stereocenters. The minimum absolute atomic E-state index is 0.102. The number of nitrogens with zero attached hydrogens (tertiary/aromatic N) is 2. The van der Waals surface area contributed by atoms with Crippen LogP contribution in [-0.2, 0) is 14.6 Å². The van der Waals surface area contributed by atoms with Crippen LogP contribution in [0.15, 0.2) is 65.8 Å². The summed E-state index contributed by atoms with van der Waals surface area (Å²) in [7, 11) is -3.26. The molecule has 1 aliphatic heterocycles. The van der Waals surface area contributed by atoms with Crippen LogP contribution in [0.25, 0.3) is 5.69 Å². The molecule has 1 N–H and O–H groups in total. The van der Waals surface area contributed by atoms with E-state index in [4.69, 9.17) is 0 Å². The predicted molar refractivity (Wildman–Crippen MR) is 106 cm³/mol. The molecule has 0 aliphatic carbocycles. The molecule has 0 fully saturated rings. The number of aromatic nitrogens is 2. The molecular formula is C19H17N3O3S2. The van der Waals surface area contributed by atoms with Gasteiger partial charge in [-0.3, -0.25) is 9.36 Å². The van der Waals surface area contributed by atoms with Gasteiger partial charge in [-0.05, 0) is 29.8 Å². The van der Waals surface area contributed by atoms with Gasteiger partial charge in [-0.1, -0.05) is 30.3 Å². The smallest absolute Gasteiger partial charge is 0.235 e. The second-order valence-corrected chi connectivity index (χ2v) is 9.37. The molecule has 1 aliphatic rings. The molecule has 8 heteroatoms. The molecule has 0 saturated carbocycles. The van der Waals surface area contributed by atoms with Crippen molar-refractivity contribution in [2.24, 2.45) is 0 Å². The number of hydrogen-bond acceptors (Lipinski definition) is 5. The van der Waals surface area contributed by atoms with E-state index in [0.717, 1.165) is 16.9 Å². The molecule has 0 saturated heterocycles. The molecule has 3 aromatic rings. The molecule has 2 aromatic carbocycles. The Hall–Kier alpha value is -2.58. The van der Waals surface area contributed by atoms with Crippen molar-refractivity contribution >= 4 is 33.3 Å². The number of amides is 1. The van der Waals surface area contributed by atoms with Crippen molar-refractivity contribution in [3.63, 3.8) is 0 Å². The number of imidazole rings is 1. The minimum atomic E-state index is -3.26. The van der Waals surface area contributed by atoms with Gasteiger partial charge in [0.05, 0.1) is 21.6 Å². The predicted octanol–water partition coefficient (Wildman–Crippen LogP) is 3.05. The van der Waals surface area contributed by atoms with Crippen molar-refractivity contribution in [2.75, 3.05) is 17.3 Å². The summed E-state index contributed by atoms with van der Waals surface area (Å²) >= 11 is 1.49. The quantitative estimate of drug-likeness (QED) is 0.732. The van der Waals surface area contributed by atoms with Gasteiger partial charge < -0.3 is 5.32 Å². The van der Waals surface area contributed by atoms with Crippen molar-refractivity contribution in [1.29, 1.82) is 0 Å². The van der Waals surface area contributed by atoms with Gasteiger partial charge >= 0.3 is 0 Å². The first-order valence-electron chi connectivity index (χ1n) is 8.27.